The number of aromatic nitrogens is 2. The normalized spacial score (nSPS) is 19.2. The highest BCUT2D eigenvalue weighted by atomic mass is 32.2. The van der Waals surface area contributed by atoms with Crippen LogP contribution in [0.3, 0.4) is 0 Å². The first-order valence-electron chi connectivity index (χ1n) is 7.55. The zero-order chi connectivity index (χ0) is 17.2. The Labute approximate surface area is 141 Å². The number of morpholine rings is 1. The van der Waals surface area contributed by atoms with Crippen molar-refractivity contribution < 1.29 is 17.9 Å². The van der Waals surface area contributed by atoms with E-state index in [0.29, 0.717) is 24.6 Å². The van der Waals surface area contributed by atoms with Crippen LogP contribution in [0.4, 0.5) is 0 Å². The van der Waals surface area contributed by atoms with E-state index in [1.807, 2.05) is 6.92 Å². The van der Waals surface area contributed by atoms with Gasteiger partial charge < -0.3 is 9.47 Å². The molecule has 3 rings (SSSR count). The van der Waals surface area contributed by atoms with E-state index >= 15 is 0 Å². The zero-order valence-electron chi connectivity index (χ0n) is 13.5. The van der Waals surface area contributed by atoms with Crippen molar-refractivity contribution in [3.05, 3.63) is 48.0 Å². The standard InChI is InChI=1S/C16H19N3O4S/c1-12-9-18-15(10-17-12)16-11-19(7-8-23-16)24(20,21)14-5-3-13(22-2)4-6-14/h3-6,9-10,16H,7-8,11H2,1-2H3. The van der Waals surface area contributed by atoms with Gasteiger partial charge in [0, 0.05) is 19.3 Å². The predicted molar refractivity (Wildman–Crippen MR) is 87.2 cm³/mol. The Kier molecular flexibility index (Phi) is 4.79. The minimum atomic E-state index is -3.59. The van der Waals surface area contributed by atoms with Crippen LogP contribution in [-0.4, -0.2) is 49.5 Å². The molecule has 1 aliphatic heterocycles. The maximum absolute atomic E-state index is 12.8. The van der Waals surface area contributed by atoms with E-state index in [4.69, 9.17) is 9.47 Å². The molecule has 0 spiro atoms. The number of sulfonamides is 1. The van der Waals surface area contributed by atoms with E-state index in [-0.39, 0.29) is 11.4 Å². The Hall–Kier alpha value is -2.03. The molecule has 1 saturated heterocycles. The van der Waals surface area contributed by atoms with Gasteiger partial charge in [-0.15, -0.1) is 0 Å². The van der Waals surface area contributed by atoms with Crippen molar-refractivity contribution >= 4 is 10.0 Å². The van der Waals surface area contributed by atoms with Gasteiger partial charge in [-0.3, -0.25) is 9.97 Å². The summed E-state index contributed by atoms with van der Waals surface area (Å²) in [5.41, 5.74) is 1.44. The van der Waals surface area contributed by atoms with Crippen molar-refractivity contribution in [2.24, 2.45) is 0 Å². The Morgan fingerprint density at radius 1 is 1.21 bits per heavy atom. The number of rotatable bonds is 4. The van der Waals surface area contributed by atoms with Gasteiger partial charge in [-0.2, -0.15) is 4.31 Å². The maximum Gasteiger partial charge on any atom is 0.243 e. The first-order valence-corrected chi connectivity index (χ1v) is 8.99. The summed E-state index contributed by atoms with van der Waals surface area (Å²) in [7, 11) is -2.05. The van der Waals surface area contributed by atoms with Gasteiger partial charge in [0.05, 0.1) is 36.2 Å². The highest BCUT2D eigenvalue weighted by Crippen LogP contribution is 2.26. The van der Waals surface area contributed by atoms with Crippen molar-refractivity contribution in [2.75, 3.05) is 26.8 Å². The molecule has 0 bridgehead atoms. The van der Waals surface area contributed by atoms with Gasteiger partial charge >= 0.3 is 0 Å². The van der Waals surface area contributed by atoms with E-state index in [1.54, 1.807) is 43.8 Å². The molecule has 1 aromatic carbocycles. The van der Waals surface area contributed by atoms with Crippen molar-refractivity contribution in [3.63, 3.8) is 0 Å². The molecular formula is C16H19N3O4S. The highest BCUT2D eigenvalue weighted by Gasteiger charge is 2.32. The molecule has 1 fully saturated rings. The van der Waals surface area contributed by atoms with Crippen LogP contribution in [0.15, 0.2) is 41.6 Å². The average molecular weight is 349 g/mol. The summed E-state index contributed by atoms with van der Waals surface area (Å²) in [5.74, 6) is 0.615. The van der Waals surface area contributed by atoms with Gasteiger partial charge in [0.1, 0.15) is 11.9 Å². The van der Waals surface area contributed by atoms with Crippen molar-refractivity contribution in [1.29, 1.82) is 0 Å². The molecule has 0 aliphatic carbocycles. The largest absolute Gasteiger partial charge is 0.497 e. The summed E-state index contributed by atoms with van der Waals surface area (Å²) < 4.78 is 37.8. The van der Waals surface area contributed by atoms with Crippen LogP contribution in [0.5, 0.6) is 5.75 Å². The second kappa shape index (κ2) is 6.84. The summed E-state index contributed by atoms with van der Waals surface area (Å²) in [6.45, 7) is 2.69. The monoisotopic (exact) mass is 349 g/mol. The molecular weight excluding hydrogens is 330 g/mol. The highest BCUT2D eigenvalue weighted by molar-refractivity contribution is 7.89. The van der Waals surface area contributed by atoms with Crippen LogP contribution in [0.25, 0.3) is 0 Å². The Morgan fingerprint density at radius 2 is 1.96 bits per heavy atom. The number of hydrogen-bond donors (Lipinski definition) is 0. The lowest BCUT2D eigenvalue weighted by atomic mass is 10.2. The number of ether oxygens (including phenoxy) is 2. The lowest BCUT2D eigenvalue weighted by Crippen LogP contribution is -2.42. The van der Waals surface area contributed by atoms with Crippen LogP contribution < -0.4 is 4.74 Å². The van der Waals surface area contributed by atoms with Crippen LogP contribution in [-0.2, 0) is 14.8 Å². The molecule has 1 atom stereocenters. The van der Waals surface area contributed by atoms with Gasteiger partial charge in [0.2, 0.25) is 10.0 Å². The second-order valence-electron chi connectivity index (χ2n) is 5.48. The molecule has 0 radical (unpaired) electrons. The molecule has 0 saturated carbocycles. The van der Waals surface area contributed by atoms with Gasteiger partial charge in [-0.05, 0) is 31.2 Å². The predicted octanol–water partition coefficient (Wildman–Crippen LogP) is 1.56. The zero-order valence-corrected chi connectivity index (χ0v) is 14.4. The number of hydrogen-bond acceptors (Lipinski definition) is 6. The number of nitrogens with zero attached hydrogens (tertiary/aromatic N) is 3. The van der Waals surface area contributed by atoms with Crippen LogP contribution >= 0.6 is 0 Å². The smallest absolute Gasteiger partial charge is 0.243 e. The Balaban J connectivity index is 1.81. The SMILES string of the molecule is COc1ccc(S(=O)(=O)N2CCOC(c3cnc(C)cn3)C2)cc1. The fraction of sp³-hybridized carbons (Fsp3) is 0.375. The molecule has 1 aromatic heterocycles. The lowest BCUT2D eigenvalue weighted by molar-refractivity contribution is -0.00516. The summed E-state index contributed by atoms with van der Waals surface area (Å²) in [6, 6.07) is 6.36. The molecule has 24 heavy (non-hydrogen) atoms. The molecule has 2 aromatic rings. The van der Waals surface area contributed by atoms with Gasteiger partial charge in [0.15, 0.2) is 0 Å². The molecule has 0 amide bonds. The summed E-state index contributed by atoms with van der Waals surface area (Å²) in [6.07, 6.45) is 2.86. The van der Waals surface area contributed by atoms with Crippen LogP contribution in [0, 0.1) is 6.92 Å². The molecule has 1 aliphatic rings. The minimum Gasteiger partial charge on any atom is -0.497 e. The molecule has 7 nitrogen and oxygen atoms in total. The fourth-order valence-corrected chi connectivity index (χ4v) is 3.91. The fourth-order valence-electron chi connectivity index (χ4n) is 2.49. The molecule has 0 N–H and O–H groups in total. The second-order valence-corrected chi connectivity index (χ2v) is 7.42. The molecule has 1 unspecified atom stereocenters. The Morgan fingerprint density at radius 3 is 2.58 bits per heavy atom. The third-order valence-electron chi connectivity index (χ3n) is 3.86. The van der Waals surface area contributed by atoms with Crippen molar-refractivity contribution in [1.82, 2.24) is 14.3 Å². The van der Waals surface area contributed by atoms with E-state index in [2.05, 4.69) is 9.97 Å². The minimum absolute atomic E-state index is 0.214. The van der Waals surface area contributed by atoms with E-state index in [1.165, 1.54) is 4.31 Å². The number of benzene rings is 1. The molecule has 2 heterocycles. The van der Waals surface area contributed by atoms with Crippen LogP contribution in [0.1, 0.15) is 17.5 Å². The van der Waals surface area contributed by atoms with E-state index in [9.17, 15) is 8.42 Å². The molecule has 128 valence electrons. The van der Waals surface area contributed by atoms with Crippen LogP contribution in [0.2, 0.25) is 0 Å². The number of aryl methyl sites for hydroxylation is 1. The van der Waals surface area contributed by atoms with Crippen molar-refractivity contribution in [2.45, 2.75) is 17.9 Å². The summed E-state index contributed by atoms with van der Waals surface area (Å²) >= 11 is 0. The maximum atomic E-state index is 12.8. The third-order valence-corrected chi connectivity index (χ3v) is 5.74. The van der Waals surface area contributed by atoms with Gasteiger partial charge in [0.25, 0.3) is 0 Å². The summed E-state index contributed by atoms with van der Waals surface area (Å²) in [4.78, 5) is 8.72. The first-order chi connectivity index (χ1) is 11.5. The third kappa shape index (κ3) is 3.40. The quantitative estimate of drug-likeness (QED) is 0.833. The van der Waals surface area contributed by atoms with Crippen molar-refractivity contribution in [3.8, 4) is 5.75 Å². The average Bonchev–Trinajstić information content (AvgIpc) is 2.62. The van der Waals surface area contributed by atoms with E-state index < -0.39 is 16.1 Å². The van der Waals surface area contributed by atoms with Gasteiger partial charge in [-0.1, -0.05) is 0 Å². The van der Waals surface area contributed by atoms with Gasteiger partial charge in [-0.25, -0.2) is 8.42 Å². The number of methoxy groups -OCH3 is 1. The molecule has 8 heteroatoms. The summed E-state index contributed by atoms with van der Waals surface area (Å²) in [5, 5.41) is 0. The Bertz CT molecular complexity index is 791. The van der Waals surface area contributed by atoms with E-state index in [0.717, 1.165) is 5.69 Å². The topological polar surface area (TPSA) is 81.6 Å². The lowest BCUT2D eigenvalue weighted by Gasteiger charge is -2.31. The first kappa shape index (κ1) is 16.8.